The van der Waals surface area contributed by atoms with Crippen LogP contribution in [0.25, 0.3) is 0 Å². The van der Waals surface area contributed by atoms with Crippen molar-refractivity contribution in [2.45, 2.75) is 65.0 Å². The van der Waals surface area contributed by atoms with Gasteiger partial charge in [0.1, 0.15) is 0 Å². The Bertz CT molecular complexity index is 328. The molecule has 1 aliphatic carbocycles. The Morgan fingerprint density at radius 3 is 2.50 bits per heavy atom. The van der Waals surface area contributed by atoms with Crippen molar-refractivity contribution in [3.63, 3.8) is 0 Å². The Balaban J connectivity index is 2.19. The number of nitrogens with one attached hydrogen (secondary N) is 2. The summed E-state index contributed by atoms with van der Waals surface area (Å²) in [6.07, 6.45) is 4.93. The molecule has 2 N–H and O–H groups in total. The fourth-order valence-electron chi connectivity index (χ4n) is 2.42. The fraction of sp³-hybridized carbons (Fsp3) is 1.00. The molecule has 108 valence electrons. The first-order valence-corrected chi connectivity index (χ1v) is 8.79. The minimum atomic E-state index is -3.08. The van der Waals surface area contributed by atoms with Crippen molar-refractivity contribution in [3.8, 4) is 0 Å². The van der Waals surface area contributed by atoms with E-state index in [0.717, 1.165) is 38.6 Å². The van der Waals surface area contributed by atoms with Crippen molar-refractivity contribution in [1.29, 1.82) is 0 Å². The maximum atomic E-state index is 11.9. The lowest BCUT2D eigenvalue weighted by molar-refractivity contribution is 0.475. The number of hydrogen-bond acceptors (Lipinski definition) is 3. The molecule has 1 rings (SSSR count). The van der Waals surface area contributed by atoms with Gasteiger partial charge in [0.15, 0.2) is 0 Å². The molecule has 1 saturated carbocycles. The highest BCUT2D eigenvalue weighted by Gasteiger charge is 2.26. The van der Waals surface area contributed by atoms with Crippen LogP contribution < -0.4 is 10.0 Å². The summed E-state index contributed by atoms with van der Waals surface area (Å²) < 4.78 is 26.7. The Morgan fingerprint density at radius 1 is 1.22 bits per heavy atom. The molecule has 0 amide bonds. The maximum Gasteiger partial charge on any atom is 0.211 e. The van der Waals surface area contributed by atoms with Crippen LogP contribution in [-0.2, 0) is 10.0 Å². The zero-order valence-electron chi connectivity index (χ0n) is 11.9. The van der Waals surface area contributed by atoms with Gasteiger partial charge in [-0.05, 0) is 38.1 Å². The Hall–Kier alpha value is -0.130. The summed E-state index contributed by atoms with van der Waals surface area (Å²) in [7, 11) is -3.08. The predicted molar refractivity (Wildman–Crippen MR) is 76.1 cm³/mol. The van der Waals surface area contributed by atoms with E-state index in [0.29, 0.717) is 12.0 Å². The minimum absolute atomic E-state index is 0.170. The summed E-state index contributed by atoms with van der Waals surface area (Å²) in [4.78, 5) is 0. The quantitative estimate of drug-likeness (QED) is 0.665. The van der Waals surface area contributed by atoms with Crippen LogP contribution in [0.5, 0.6) is 0 Å². The van der Waals surface area contributed by atoms with Gasteiger partial charge in [-0.1, -0.05) is 27.2 Å². The number of unbranched alkanes of at least 4 members (excludes halogenated alkanes) is 1. The molecule has 1 fully saturated rings. The third kappa shape index (κ3) is 6.16. The molecule has 0 bridgehead atoms. The lowest BCUT2D eigenvalue weighted by Crippen LogP contribution is -2.38. The molecule has 0 heterocycles. The van der Waals surface area contributed by atoms with E-state index in [1.54, 1.807) is 0 Å². The summed E-state index contributed by atoms with van der Waals surface area (Å²) >= 11 is 0. The lowest BCUT2D eigenvalue weighted by Gasteiger charge is -2.17. The zero-order valence-corrected chi connectivity index (χ0v) is 12.7. The monoisotopic (exact) mass is 276 g/mol. The van der Waals surface area contributed by atoms with Gasteiger partial charge in [0.25, 0.3) is 0 Å². The molecule has 0 aromatic carbocycles. The standard InChI is InChI=1S/C13H28N2O2S/c1-11(2)14-9-4-5-10-18(16,17)15-13-8-6-7-12(13)3/h11-15H,4-10H2,1-3H3. The van der Waals surface area contributed by atoms with E-state index in [1.807, 2.05) is 0 Å². The molecule has 0 aromatic rings. The third-order valence-electron chi connectivity index (χ3n) is 3.58. The molecule has 0 radical (unpaired) electrons. The maximum absolute atomic E-state index is 11.9. The molecular weight excluding hydrogens is 248 g/mol. The highest BCUT2D eigenvalue weighted by atomic mass is 32.2. The van der Waals surface area contributed by atoms with E-state index in [2.05, 4.69) is 30.8 Å². The molecule has 0 saturated heterocycles. The summed E-state index contributed by atoms with van der Waals surface area (Å²) in [5.74, 6) is 0.748. The van der Waals surface area contributed by atoms with Crippen LogP contribution in [0.2, 0.25) is 0 Å². The topological polar surface area (TPSA) is 58.2 Å². The summed E-state index contributed by atoms with van der Waals surface area (Å²) in [6, 6.07) is 0.642. The molecule has 2 atom stereocenters. The van der Waals surface area contributed by atoms with E-state index in [9.17, 15) is 8.42 Å². The van der Waals surface area contributed by atoms with Gasteiger partial charge in [0.05, 0.1) is 5.75 Å². The smallest absolute Gasteiger partial charge is 0.211 e. The first-order valence-electron chi connectivity index (χ1n) is 7.14. The molecule has 2 unspecified atom stereocenters. The van der Waals surface area contributed by atoms with Crippen molar-refractivity contribution in [2.24, 2.45) is 5.92 Å². The zero-order chi connectivity index (χ0) is 13.6. The van der Waals surface area contributed by atoms with Crippen LogP contribution in [0.1, 0.15) is 52.9 Å². The van der Waals surface area contributed by atoms with E-state index in [1.165, 1.54) is 0 Å². The van der Waals surface area contributed by atoms with Gasteiger partial charge in [-0.15, -0.1) is 0 Å². The SMILES string of the molecule is CC(C)NCCCCS(=O)(=O)NC1CCCC1C. The van der Waals surface area contributed by atoms with Crippen LogP contribution in [0.4, 0.5) is 0 Å². The van der Waals surface area contributed by atoms with Crippen LogP contribution in [0.3, 0.4) is 0 Å². The van der Waals surface area contributed by atoms with Crippen molar-refractivity contribution >= 4 is 10.0 Å². The normalized spacial score (nSPS) is 24.9. The first-order chi connectivity index (χ1) is 8.41. The molecule has 0 aliphatic heterocycles. The van der Waals surface area contributed by atoms with Gasteiger partial charge in [-0.3, -0.25) is 0 Å². The van der Waals surface area contributed by atoms with Gasteiger partial charge in [0, 0.05) is 12.1 Å². The lowest BCUT2D eigenvalue weighted by atomic mass is 10.1. The van der Waals surface area contributed by atoms with Gasteiger partial charge < -0.3 is 5.32 Å². The van der Waals surface area contributed by atoms with E-state index in [-0.39, 0.29) is 11.8 Å². The molecule has 4 nitrogen and oxygen atoms in total. The second kappa shape index (κ2) is 7.46. The minimum Gasteiger partial charge on any atom is -0.315 e. The molecule has 1 aliphatic rings. The molecule has 0 spiro atoms. The summed E-state index contributed by atoms with van der Waals surface area (Å²) in [6.45, 7) is 7.22. The van der Waals surface area contributed by atoms with E-state index >= 15 is 0 Å². The summed E-state index contributed by atoms with van der Waals surface area (Å²) in [5, 5.41) is 3.30. The van der Waals surface area contributed by atoms with Gasteiger partial charge in [-0.25, -0.2) is 13.1 Å². The average molecular weight is 276 g/mol. The van der Waals surface area contributed by atoms with E-state index in [4.69, 9.17) is 0 Å². The van der Waals surface area contributed by atoms with Crippen LogP contribution in [0, 0.1) is 5.92 Å². The average Bonchev–Trinajstić information content (AvgIpc) is 2.62. The predicted octanol–water partition coefficient (Wildman–Crippen LogP) is 1.87. The molecular formula is C13H28N2O2S. The number of rotatable bonds is 8. The largest absolute Gasteiger partial charge is 0.315 e. The second-order valence-corrected chi connectivity index (χ2v) is 7.64. The van der Waals surface area contributed by atoms with Gasteiger partial charge in [-0.2, -0.15) is 0 Å². The van der Waals surface area contributed by atoms with Crippen molar-refractivity contribution < 1.29 is 8.42 Å². The summed E-state index contributed by atoms with van der Waals surface area (Å²) in [5.41, 5.74) is 0. The van der Waals surface area contributed by atoms with Crippen molar-refractivity contribution in [2.75, 3.05) is 12.3 Å². The molecule has 5 heteroatoms. The molecule has 18 heavy (non-hydrogen) atoms. The van der Waals surface area contributed by atoms with E-state index < -0.39 is 10.0 Å². The van der Waals surface area contributed by atoms with Crippen LogP contribution >= 0.6 is 0 Å². The number of hydrogen-bond donors (Lipinski definition) is 2. The highest BCUT2D eigenvalue weighted by Crippen LogP contribution is 2.25. The second-order valence-electron chi connectivity index (χ2n) is 5.77. The van der Waals surface area contributed by atoms with Crippen LogP contribution in [0.15, 0.2) is 0 Å². The first kappa shape index (κ1) is 15.9. The number of sulfonamides is 1. The molecule has 0 aromatic heterocycles. The Kier molecular flexibility index (Phi) is 6.60. The fourth-order valence-corrected chi connectivity index (χ4v) is 3.93. The van der Waals surface area contributed by atoms with Crippen LogP contribution in [-0.4, -0.2) is 32.8 Å². The third-order valence-corrected chi connectivity index (χ3v) is 5.07. The highest BCUT2D eigenvalue weighted by molar-refractivity contribution is 7.89. The van der Waals surface area contributed by atoms with Gasteiger partial charge >= 0.3 is 0 Å². The Labute approximate surface area is 112 Å². The van der Waals surface area contributed by atoms with Gasteiger partial charge in [0.2, 0.25) is 10.0 Å². The van der Waals surface area contributed by atoms with Crippen molar-refractivity contribution in [3.05, 3.63) is 0 Å². The Morgan fingerprint density at radius 2 is 1.94 bits per heavy atom. The van der Waals surface area contributed by atoms with Crippen molar-refractivity contribution in [1.82, 2.24) is 10.0 Å².